The lowest BCUT2D eigenvalue weighted by atomic mass is 9.77. The Labute approximate surface area is 147 Å². The van der Waals surface area contributed by atoms with E-state index in [1.807, 2.05) is 0 Å². The molecule has 2 heterocycles. The van der Waals surface area contributed by atoms with Crippen molar-refractivity contribution in [2.24, 2.45) is 10.7 Å². The molecule has 0 spiro atoms. The van der Waals surface area contributed by atoms with Gasteiger partial charge in [0, 0.05) is 12.6 Å². The summed E-state index contributed by atoms with van der Waals surface area (Å²) in [4.78, 5) is 19.1. The fourth-order valence-corrected chi connectivity index (χ4v) is 4.01. The number of amides is 1. The van der Waals surface area contributed by atoms with Gasteiger partial charge in [0.25, 0.3) is 6.43 Å². The Balaban J connectivity index is 2.16. The third kappa shape index (κ3) is 2.76. The molecule has 2 aromatic rings. The van der Waals surface area contributed by atoms with Crippen molar-refractivity contribution in [2.75, 3.05) is 7.05 Å². The molecule has 1 aromatic carbocycles. The van der Waals surface area contributed by atoms with Crippen LogP contribution in [0.25, 0.3) is 0 Å². The van der Waals surface area contributed by atoms with Crippen LogP contribution in [-0.2, 0) is 10.3 Å². The Morgan fingerprint density at radius 2 is 1.96 bits per heavy atom. The maximum Gasteiger partial charge on any atom is 0.263 e. The fraction of sp³-hybridized carbons (Fsp3) is 0.294. The van der Waals surface area contributed by atoms with Crippen LogP contribution in [0.2, 0.25) is 0 Å². The molecule has 2 atom stereocenters. The van der Waals surface area contributed by atoms with E-state index in [1.54, 1.807) is 12.3 Å². The molecule has 132 valence electrons. The lowest BCUT2D eigenvalue weighted by Crippen LogP contribution is -2.52. The second-order valence-corrected chi connectivity index (χ2v) is 6.97. The number of hydrogen-bond acceptors (Lipinski definition) is 5. The molecule has 1 amide bonds. The average Bonchev–Trinajstić information content (AvgIpc) is 3.00. The SMILES string of the molecule is CN1C(=O)C(c2ccc(C(F)F)cc2)[C@@](C)(c2sccc2O)N=C1N. The van der Waals surface area contributed by atoms with E-state index in [0.717, 1.165) is 0 Å². The Hall–Kier alpha value is -2.48. The van der Waals surface area contributed by atoms with Gasteiger partial charge in [-0.05, 0) is 23.9 Å². The van der Waals surface area contributed by atoms with Gasteiger partial charge in [0.05, 0.1) is 10.8 Å². The second-order valence-electron chi connectivity index (χ2n) is 6.05. The van der Waals surface area contributed by atoms with E-state index < -0.39 is 17.9 Å². The number of nitrogens with two attached hydrogens (primary N) is 1. The molecule has 8 heteroatoms. The van der Waals surface area contributed by atoms with Crippen molar-refractivity contribution in [3.05, 3.63) is 51.7 Å². The number of carbonyl (C=O) groups is 1. The molecule has 25 heavy (non-hydrogen) atoms. The van der Waals surface area contributed by atoms with Crippen LogP contribution in [0.5, 0.6) is 5.75 Å². The predicted molar refractivity (Wildman–Crippen MR) is 91.9 cm³/mol. The van der Waals surface area contributed by atoms with Crippen LogP contribution >= 0.6 is 11.3 Å². The molecule has 0 fully saturated rings. The van der Waals surface area contributed by atoms with E-state index in [2.05, 4.69) is 4.99 Å². The van der Waals surface area contributed by atoms with Gasteiger partial charge in [-0.3, -0.25) is 9.69 Å². The van der Waals surface area contributed by atoms with E-state index in [0.29, 0.717) is 10.4 Å². The minimum atomic E-state index is -2.58. The lowest BCUT2D eigenvalue weighted by molar-refractivity contribution is -0.130. The summed E-state index contributed by atoms with van der Waals surface area (Å²) < 4.78 is 25.6. The summed E-state index contributed by atoms with van der Waals surface area (Å²) in [6.07, 6.45) is -2.58. The third-order valence-electron chi connectivity index (χ3n) is 4.46. The number of carbonyl (C=O) groups excluding carboxylic acids is 1. The average molecular weight is 365 g/mol. The first-order chi connectivity index (χ1) is 11.8. The highest BCUT2D eigenvalue weighted by molar-refractivity contribution is 7.10. The Morgan fingerprint density at radius 1 is 1.32 bits per heavy atom. The van der Waals surface area contributed by atoms with Gasteiger partial charge in [-0.1, -0.05) is 24.3 Å². The van der Waals surface area contributed by atoms with Gasteiger partial charge in [-0.25, -0.2) is 13.8 Å². The Morgan fingerprint density at radius 3 is 2.48 bits per heavy atom. The zero-order chi connectivity index (χ0) is 18.4. The molecule has 0 radical (unpaired) electrons. The van der Waals surface area contributed by atoms with Crippen molar-refractivity contribution in [3.63, 3.8) is 0 Å². The van der Waals surface area contributed by atoms with E-state index in [9.17, 15) is 18.7 Å². The highest BCUT2D eigenvalue weighted by Gasteiger charge is 2.49. The summed E-state index contributed by atoms with van der Waals surface area (Å²) in [7, 11) is 1.51. The number of rotatable bonds is 3. The maximum atomic E-state index is 12.9. The van der Waals surface area contributed by atoms with E-state index in [-0.39, 0.29) is 23.2 Å². The summed E-state index contributed by atoms with van der Waals surface area (Å²) in [5.74, 6) is -1.04. The lowest BCUT2D eigenvalue weighted by Gasteiger charge is -2.40. The Bertz CT molecular complexity index is 835. The number of aromatic hydroxyl groups is 1. The number of likely N-dealkylation sites (N-methyl/N-ethyl adjacent to an activating group) is 1. The molecule has 1 unspecified atom stereocenters. The number of hydrogen-bond donors (Lipinski definition) is 2. The van der Waals surface area contributed by atoms with Crippen molar-refractivity contribution in [2.45, 2.75) is 24.8 Å². The number of nitrogens with zero attached hydrogens (tertiary/aromatic N) is 2. The zero-order valence-corrected chi connectivity index (χ0v) is 14.4. The molecule has 0 saturated heterocycles. The van der Waals surface area contributed by atoms with Gasteiger partial charge >= 0.3 is 0 Å². The predicted octanol–water partition coefficient (Wildman–Crippen LogP) is 3.18. The Kier molecular flexibility index (Phi) is 4.24. The van der Waals surface area contributed by atoms with Crippen LogP contribution in [0.1, 0.15) is 35.3 Å². The zero-order valence-electron chi connectivity index (χ0n) is 13.6. The van der Waals surface area contributed by atoms with Gasteiger partial charge in [-0.15, -0.1) is 11.3 Å². The van der Waals surface area contributed by atoms with Crippen molar-refractivity contribution in [1.82, 2.24) is 4.90 Å². The molecule has 1 aliphatic rings. The van der Waals surface area contributed by atoms with Crippen molar-refractivity contribution in [1.29, 1.82) is 0 Å². The first kappa shape index (κ1) is 17.3. The molecule has 3 N–H and O–H groups in total. The van der Waals surface area contributed by atoms with Gasteiger partial charge in [0.2, 0.25) is 5.91 Å². The molecule has 0 aliphatic carbocycles. The maximum absolute atomic E-state index is 12.9. The first-order valence-electron chi connectivity index (χ1n) is 7.53. The van der Waals surface area contributed by atoms with Crippen molar-refractivity contribution < 1.29 is 18.7 Å². The number of thiophene rings is 1. The molecule has 3 rings (SSSR count). The molecule has 1 aliphatic heterocycles. The van der Waals surface area contributed by atoms with E-state index in [4.69, 9.17) is 5.73 Å². The van der Waals surface area contributed by atoms with Crippen LogP contribution in [0.3, 0.4) is 0 Å². The number of aliphatic imine (C=N–C) groups is 1. The monoisotopic (exact) mass is 365 g/mol. The highest BCUT2D eigenvalue weighted by Crippen LogP contribution is 2.48. The summed E-state index contributed by atoms with van der Waals surface area (Å²) in [6.45, 7) is 1.71. The van der Waals surface area contributed by atoms with Gasteiger partial charge in [0.15, 0.2) is 5.96 Å². The second kappa shape index (κ2) is 6.11. The topological polar surface area (TPSA) is 78.9 Å². The first-order valence-corrected chi connectivity index (χ1v) is 8.41. The standard InChI is InChI=1S/C17H17F2N3O2S/c1-17(13-11(23)7-8-25-13)12(15(24)22(2)16(20)21-17)9-3-5-10(6-4-9)14(18)19/h3-8,12,14,23H,1-2H3,(H2,20,21)/t12?,17-/m0/s1. The molecular formula is C17H17F2N3O2S. The fourth-order valence-electron chi connectivity index (χ4n) is 3.09. The smallest absolute Gasteiger partial charge is 0.263 e. The number of guanidine groups is 1. The third-order valence-corrected chi connectivity index (χ3v) is 5.59. The highest BCUT2D eigenvalue weighted by atomic mass is 32.1. The number of benzene rings is 1. The van der Waals surface area contributed by atoms with Crippen LogP contribution in [0, 0.1) is 0 Å². The van der Waals surface area contributed by atoms with E-state index in [1.165, 1.54) is 53.6 Å². The minimum absolute atomic E-state index is 0.0237. The number of alkyl halides is 2. The molecular weight excluding hydrogens is 348 g/mol. The van der Waals surface area contributed by atoms with Gasteiger partial charge < -0.3 is 10.8 Å². The molecule has 5 nitrogen and oxygen atoms in total. The van der Waals surface area contributed by atoms with Crippen molar-refractivity contribution in [3.8, 4) is 5.75 Å². The van der Waals surface area contributed by atoms with Crippen LogP contribution in [0.15, 0.2) is 40.7 Å². The van der Waals surface area contributed by atoms with Crippen molar-refractivity contribution >= 4 is 23.2 Å². The van der Waals surface area contributed by atoms with Crippen LogP contribution in [0.4, 0.5) is 8.78 Å². The molecule has 0 bridgehead atoms. The number of halogens is 2. The van der Waals surface area contributed by atoms with Gasteiger partial charge in [0.1, 0.15) is 11.3 Å². The normalized spacial score (nSPS) is 23.9. The van der Waals surface area contributed by atoms with E-state index >= 15 is 0 Å². The molecule has 0 saturated carbocycles. The summed E-state index contributed by atoms with van der Waals surface area (Å²) in [6, 6.07) is 7.11. The molecule has 1 aromatic heterocycles. The summed E-state index contributed by atoms with van der Waals surface area (Å²) >= 11 is 1.26. The largest absolute Gasteiger partial charge is 0.507 e. The minimum Gasteiger partial charge on any atom is -0.507 e. The summed E-state index contributed by atoms with van der Waals surface area (Å²) in [5.41, 5.74) is 5.17. The van der Waals surface area contributed by atoms with Crippen LogP contribution in [-0.4, -0.2) is 28.9 Å². The summed E-state index contributed by atoms with van der Waals surface area (Å²) in [5, 5.41) is 11.9. The quantitative estimate of drug-likeness (QED) is 0.877. The van der Waals surface area contributed by atoms with Crippen LogP contribution < -0.4 is 5.73 Å². The van der Waals surface area contributed by atoms with Gasteiger partial charge in [-0.2, -0.15) is 0 Å².